The molecule has 1 N–H and O–H groups in total. The van der Waals surface area contributed by atoms with Crippen molar-refractivity contribution < 1.29 is 4.39 Å². The average Bonchev–Trinajstić information content (AvgIpc) is 2.20. The Hall–Kier alpha value is -0.850. The Balaban J connectivity index is 2.57. The number of nitrogens with one attached hydrogen (secondary N) is 1. The molecular weight excluding hydrogens is 257 g/mol. The third-order valence-corrected chi connectivity index (χ3v) is 2.57. The van der Waals surface area contributed by atoms with E-state index in [9.17, 15) is 4.39 Å². The van der Waals surface area contributed by atoms with Gasteiger partial charge in [0.1, 0.15) is 5.82 Å². The molecule has 0 amide bonds. The average molecular weight is 270 g/mol. The predicted molar refractivity (Wildman–Crippen MR) is 63.9 cm³/mol. The molecule has 1 atom stereocenters. The summed E-state index contributed by atoms with van der Waals surface area (Å²) < 4.78 is 14.2. The van der Waals surface area contributed by atoms with Gasteiger partial charge in [-0.15, -0.1) is 12.3 Å². The summed E-state index contributed by atoms with van der Waals surface area (Å²) in [6.07, 6.45) is 5.83. The Morgan fingerprint density at radius 3 is 3.00 bits per heavy atom. The molecule has 0 aromatic heterocycles. The standard InChI is InChI=1S/C12H13BrFN/c1-3-4-9(2)15-8-10-7-11(13)5-6-12(10)14/h1,5-7,9,15H,4,8H2,2H3. The second-order valence-electron chi connectivity index (χ2n) is 3.43. The van der Waals surface area contributed by atoms with Crippen molar-refractivity contribution in [3.8, 4) is 12.3 Å². The van der Waals surface area contributed by atoms with E-state index >= 15 is 0 Å². The highest BCUT2D eigenvalue weighted by molar-refractivity contribution is 9.10. The minimum absolute atomic E-state index is 0.196. The van der Waals surface area contributed by atoms with Gasteiger partial charge in [-0.2, -0.15) is 0 Å². The van der Waals surface area contributed by atoms with E-state index in [1.165, 1.54) is 6.07 Å². The van der Waals surface area contributed by atoms with Crippen LogP contribution in [0.1, 0.15) is 18.9 Å². The van der Waals surface area contributed by atoms with Gasteiger partial charge in [0.2, 0.25) is 0 Å². The predicted octanol–water partition coefficient (Wildman–Crippen LogP) is 3.09. The first-order chi connectivity index (χ1) is 7.13. The van der Waals surface area contributed by atoms with E-state index in [1.807, 2.05) is 6.92 Å². The van der Waals surface area contributed by atoms with Crippen molar-refractivity contribution in [1.29, 1.82) is 0 Å². The first kappa shape index (κ1) is 12.2. The Kier molecular flexibility index (Phi) is 4.80. The minimum Gasteiger partial charge on any atom is -0.309 e. The normalized spacial score (nSPS) is 12.1. The molecular formula is C12H13BrFN. The Morgan fingerprint density at radius 1 is 1.60 bits per heavy atom. The van der Waals surface area contributed by atoms with Crippen LogP contribution in [-0.2, 0) is 6.54 Å². The monoisotopic (exact) mass is 269 g/mol. The smallest absolute Gasteiger partial charge is 0.127 e. The molecule has 0 saturated carbocycles. The highest BCUT2D eigenvalue weighted by Crippen LogP contribution is 2.15. The Bertz CT molecular complexity index is 370. The molecule has 15 heavy (non-hydrogen) atoms. The minimum atomic E-state index is -0.196. The van der Waals surface area contributed by atoms with Crippen molar-refractivity contribution in [2.45, 2.75) is 25.9 Å². The number of hydrogen-bond donors (Lipinski definition) is 1. The van der Waals surface area contributed by atoms with Crippen LogP contribution in [0.15, 0.2) is 22.7 Å². The van der Waals surface area contributed by atoms with Gasteiger partial charge in [0.15, 0.2) is 0 Å². The summed E-state index contributed by atoms with van der Waals surface area (Å²) in [5.74, 6) is 2.37. The fourth-order valence-corrected chi connectivity index (χ4v) is 1.62. The fraction of sp³-hybridized carbons (Fsp3) is 0.333. The highest BCUT2D eigenvalue weighted by Gasteiger charge is 2.04. The van der Waals surface area contributed by atoms with Gasteiger partial charge in [0.05, 0.1) is 0 Å². The molecule has 0 aliphatic rings. The van der Waals surface area contributed by atoms with Crippen molar-refractivity contribution in [2.75, 3.05) is 0 Å². The number of rotatable bonds is 4. The zero-order valence-electron chi connectivity index (χ0n) is 8.56. The second-order valence-corrected chi connectivity index (χ2v) is 4.34. The van der Waals surface area contributed by atoms with E-state index in [0.717, 1.165) is 4.47 Å². The fourth-order valence-electron chi connectivity index (χ4n) is 1.21. The Morgan fingerprint density at radius 2 is 2.33 bits per heavy atom. The summed E-state index contributed by atoms with van der Waals surface area (Å²) >= 11 is 3.31. The van der Waals surface area contributed by atoms with Gasteiger partial charge in [-0.3, -0.25) is 0 Å². The summed E-state index contributed by atoms with van der Waals surface area (Å²) in [7, 11) is 0. The van der Waals surface area contributed by atoms with Gasteiger partial charge in [-0.1, -0.05) is 15.9 Å². The molecule has 1 aromatic rings. The first-order valence-electron chi connectivity index (χ1n) is 4.74. The van der Waals surface area contributed by atoms with E-state index < -0.39 is 0 Å². The van der Waals surface area contributed by atoms with Crippen molar-refractivity contribution in [1.82, 2.24) is 5.32 Å². The number of hydrogen-bond acceptors (Lipinski definition) is 1. The largest absolute Gasteiger partial charge is 0.309 e. The molecule has 0 aliphatic heterocycles. The van der Waals surface area contributed by atoms with Gasteiger partial charge in [0.25, 0.3) is 0 Å². The van der Waals surface area contributed by atoms with Crippen molar-refractivity contribution in [2.24, 2.45) is 0 Å². The second kappa shape index (κ2) is 5.89. The summed E-state index contributed by atoms with van der Waals surface area (Å²) in [4.78, 5) is 0. The maximum absolute atomic E-state index is 13.3. The zero-order valence-corrected chi connectivity index (χ0v) is 10.1. The van der Waals surface area contributed by atoms with Gasteiger partial charge in [0, 0.05) is 29.0 Å². The van der Waals surface area contributed by atoms with Crippen LogP contribution in [0.2, 0.25) is 0 Å². The van der Waals surface area contributed by atoms with Crippen LogP contribution in [0.25, 0.3) is 0 Å². The number of halogens is 2. The highest BCUT2D eigenvalue weighted by atomic mass is 79.9. The molecule has 1 nitrogen and oxygen atoms in total. The van der Waals surface area contributed by atoms with Crippen LogP contribution in [0.4, 0.5) is 4.39 Å². The molecule has 0 bridgehead atoms. The van der Waals surface area contributed by atoms with Gasteiger partial charge in [-0.05, 0) is 25.1 Å². The quantitative estimate of drug-likeness (QED) is 0.829. The molecule has 1 rings (SSSR count). The molecule has 0 fully saturated rings. The van der Waals surface area contributed by atoms with Crippen LogP contribution in [0, 0.1) is 18.2 Å². The molecule has 0 saturated heterocycles. The molecule has 0 radical (unpaired) electrons. The maximum Gasteiger partial charge on any atom is 0.127 e. The lowest BCUT2D eigenvalue weighted by atomic mass is 10.2. The van der Waals surface area contributed by atoms with Crippen LogP contribution in [0.5, 0.6) is 0 Å². The molecule has 1 aromatic carbocycles. The molecule has 3 heteroatoms. The van der Waals surface area contributed by atoms with Crippen molar-refractivity contribution >= 4 is 15.9 Å². The molecule has 0 spiro atoms. The summed E-state index contributed by atoms with van der Waals surface area (Å²) in [5.41, 5.74) is 0.647. The lowest BCUT2D eigenvalue weighted by molar-refractivity contribution is 0.535. The third-order valence-electron chi connectivity index (χ3n) is 2.07. The summed E-state index contributed by atoms with van der Waals surface area (Å²) in [5, 5.41) is 3.16. The van der Waals surface area contributed by atoms with Crippen LogP contribution in [0.3, 0.4) is 0 Å². The molecule has 1 unspecified atom stereocenters. The van der Waals surface area contributed by atoms with Crippen LogP contribution < -0.4 is 5.32 Å². The third kappa shape index (κ3) is 4.03. The van der Waals surface area contributed by atoms with E-state index in [-0.39, 0.29) is 11.9 Å². The lowest BCUT2D eigenvalue weighted by Gasteiger charge is -2.11. The van der Waals surface area contributed by atoms with E-state index in [2.05, 4.69) is 27.2 Å². The summed E-state index contributed by atoms with van der Waals surface area (Å²) in [6.45, 7) is 2.48. The maximum atomic E-state index is 13.3. The van der Waals surface area contributed by atoms with Gasteiger partial charge < -0.3 is 5.32 Å². The van der Waals surface area contributed by atoms with Gasteiger partial charge >= 0.3 is 0 Å². The number of benzene rings is 1. The van der Waals surface area contributed by atoms with E-state index in [0.29, 0.717) is 18.5 Å². The number of terminal acetylenes is 1. The van der Waals surface area contributed by atoms with E-state index in [1.54, 1.807) is 12.1 Å². The van der Waals surface area contributed by atoms with Crippen molar-refractivity contribution in [3.05, 3.63) is 34.1 Å². The van der Waals surface area contributed by atoms with Gasteiger partial charge in [-0.25, -0.2) is 4.39 Å². The lowest BCUT2D eigenvalue weighted by Crippen LogP contribution is -2.25. The summed E-state index contributed by atoms with van der Waals surface area (Å²) in [6, 6.07) is 5.11. The molecule has 0 heterocycles. The van der Waals surface area contributed by atoms with Crippen LogP contribution >= 0.6 is 15.9 Å². The molecule has 0 aliphatic carbocycles. The zero-order chi connectivity index (χ0) is 11.3. The van der Waals surface area contributed by atoms with Crippen molar-refractivity contribution in [3.63, 3.8) is 0 Å². The van der Waals surface area contributed by atoms with Crippen LogP contribution in [-0.4, -0.2) is 6.04 Å². The van der Waals surface area contributed by atoms with E-state index in [4.69, 9.17) is 6.42 Å². The SMILES string of the molecule is C#CCC(C)NCc1cc(Br)ccc1F. The first-order valence-corrected chi connectivity index (χ1v) is 5.53. The molecule has 80 valence electrons. The topological polar surface area (TPSA) is 12.0 Å². The Labute approximate surface area is 98.2 Å².